The van der Waals surface area contributed by atoms with Crippen LogP contribution >= 0.6 is 0 Å². The van der Waals surface area contributed by atoms with Crippen molar-refractivity contribution in [3.63, 3.8) is 0 Å². The second-order valence-corrected chi connectivity index (χ2v) is 10.1. The van der Waals surface area contributed by atoms with E-state index in [0.717, 1.165) is 16.7 Å². The van der Waals surface area contributed by atoms with Crippen LogP contribution in [0.1, 0.15) is 22.3 Å². The number of aliphatic hydroxyl groups is 2. The average molecular weight is 588 g/mol. The van der Waals surface area contributed by atoms with Crippen molar-refractivity contribution < 1.29 is 34.1 Å². The van der Waals surface area contributed by atoms with Crippen LogP contribution < -0.4 is 0 Å². The lowest BCUT2D eigenvalue weighted by Crippen LogP contribution is -2.49. The Bertz CT molecular complexity index is 1340. The largest absolute Gasteiger partial charge is 0.388 e. The molecule has 0 aromatic heterocycles. The Hall–Kier alpha value is -3.96. The van der Waals surface area contributed by atoms with Crippen LogP contribution in [0.2, 0.25) is 0 Å². The first kappa shape index (κ1) is 32.0. The average Bonchev–Trinajstić information content (AvgIpc) is 3.05. The topological polar surface area (TPSA) is 121 Å². The molecule has 0 fully saturated rings. The molecule has 0 unspecified atom stereocenters. The van der Waals surface area contributed by atoms with Crippen LogP contribution in [-0.2, 0) is 45.4 Å². The molecule has 4 atom stereocenters. The first-order valence-corrected chi connectivity index (χ1v) is 14.1. The lowest BCUT2D eigenvalue weighted by molar-refractivity contribution is -0.384. The number of hydrogen-bond acceptors (Lipinski definition) is 8. The third kappa shape index (κ3) is 10.7. The van der Waals surface area contributed by atoms with Gasteiger partial charge in [0.15, 0.2) is 0 Å². The molecule has 4 aromatic carbocycles. The quantitative estimate of drug-likeness (QED) is 0.120. The fraction of sp³-hybridized carbons (Fsp3) is 0.294. The van der Waals surface area contributed by atoms with Gasteiger partial charge in [-0.3, -0.25) is 10.1 Å². The zero-order valence-corrected chi connectivity index (χ0v) is 23.8. The summed E-state index contributed by atoms with van der Waals surface area (Å²) in [6.07, 6.45) is -4.58. The van der Waals surface area contributed by atoms with Crippen molar-refractivity contribution in [1.82, 2.24) is 0 Å². The Kier molecular flexibility index (Phi) is 12.8. The Morgan fingerprint density at radius 1 is 0.535 bits per heavy atom. The van der Waals surface area contributed by atoms with Crippen molar-refractivity contribution in [2.24, 2.45) is 0 Å². The van der Waals surface area contributed by atoms with E-state index in [1.807, 2.05) is 91.0 Å². The molecule has 0 spiro atoms. The number of hydrogen-bond donors (Lipinski definition) is 2. The number of nitro benzene ring substituents is 1. The van der Waals surface area contributed by atoms with E-state index in [2.05, 4.69) is 0 Å². The Morgan fingerprint density at radius 3 is 1.26 bits per heavy atom. The molecule has 0 aliphatic heterocycles. The predicted molar refractivity (Wildman–Crippen MR) is 161 cm³/mol. The van der Waals surface area contributed by atoms with E-state index in [9.17, 15) is 20.3 Å². The van der Waals surface area contributed by atoms with Gasteiger partial charge in [0.2, 0.25) is 0 Å². The standard InChI is InChI=1S/C34H37NO8/c36-33(31(42-22-28-14-8-3-9-15-28)24-40-20-26-10-4-1-5-11-26)34(37)32(25-41-21-27-12-6-2-7-13-27)43-23-29-16-18-30(19-17-29)35(38)39/h1-19,31-34,36-37H,20-25H2/t31-,32-,33-,34-/m1/s1. The van der Waals surface area contributed by atoms with Gasteiger partial charge in [-0.15, -0.1) is 0 Å². The molecule has 0 aliphatic rings. The van der Waals surface area contributed by atoms with Gasteiger partial charge in [-0.05, 0) is 34.4 Å². The number of benzene rings is 4. The van der Waals surface area contributed by atoms with Crippen LogP contribution in [0.15, 0.2) is 115 Å². The van der Waals surface area contributed by atoms with Crippen LogP contribution in [0.4, 0.5) is 5.69 Å². The predicted octanol–water partition coefficient (Wildman–Crippen LogP) is 5.22. The number of rotatable bonds is 18. The van der Waals surface area contributed by atoms with Crippen LogP contribution in [0, 0.1) is 10.1 Å². The van der Waals surface area contributed by atoms with Gasteiger partial charge in [-0.25, -0.2) is 0 Å². The molecular formula is C34H37NO8. The smallest absolute Gasteiger partial charge is 0.269 e. The molecule has 0 heterocycles. The van der Waals surface area contributed by atoms with E-state index in [-0.39, 0.29) is 38.7 Å². The molecule has 0 amide bonds. The van der Waals surface area contributed by atoms with Crippen molar-refractivity contribution in [2.45, 2.75) is 50.8 Å². The van der Waals surface area contributed by atoms with Gasteiger partial charge in [-0.2, -0.15) is 0 Å². The Labute approximate surface area is 251 Å². The van der Waals surface area contributed by atoms with E-state index >= 15 is 0 Å². The van der Waals surface area contributed by atoms with Crippen LogP contribution in [0.5, 0.6) is 0 Å². The van der Waals surface area contributed by atoms with Crippen molar-refractivity contribution in [2.75, 3.05) is 13.2 Å². The molecule has 43 heavy (non-hydrogen) atoms. The molecule has 4 aromatic rings. The molecule has 0 saturated carbocycles. The second-order valence-electron chi connectivity index (χ2n) is 10.1. The zero-order valence-electron chi connectivity index (χ0n) is 23.8. The highest BCUT2D eigenvalue weighted by molar-refractivity contribution is 5.32. The van der Waals surface area contributed by atoms with Crippen molar-refractivity contribution >= 4 is 5.69 Å². The minimum absolute atomic E-state index is 0.0175. The summed E-state index contributed by atoms with van der Waals surface area (Å²) < 4.78 is 23.9. The van der Waals surface area contributed by atoms with Crippen molar-refractivity contribution in [3.05, 3.63) is 148 Å². The first-order chi connectivity index (χ1) is 21.0. The minimum atomic E-state index is -1.39. The van der Waals surface area contributed by atoms with E-state index in [0.29, 0.717) is 12.2 Å². The summed E-state index contributed by atoms with van der Waals surface area (Å²) in [7, 11) is 0. The van der Waals surface area contributed by atoms with Crippen molar-refractivity contribution in [3.8, 4) is 0 Å². The Morgan fingerprint density at radius 2 is 0.884 bits per heavy atom. The minimum Gasteiger partial charge on any atom is -0.388 e. The van der Waals surface area contributed by atoms with Gasteiger partial charge in [0.1, 0.15) is 24.4 Å². The number of nitro groups is 1. The summed E-state index contributed by atoms with van der Waals surface area (Å²) >= 11 is 0. The van der Waals surface area contributed by atoms with Gasteiger partial charge in [0.25, 0.3) is 5.69 Å². The van der Waals surface area contributed by atoms with E-state index in [1.165, 1.54) is 12.1 Å². The molecule has 0 saturated heterocycles. The van der Waals surface area contributed by atoms with Crippen LogP contribution in [-0.4, -0.2) is 52.8 Å². The Balaban J connectivity index is 1.44. The number of ether oxygens (including phenoxy) is 4. The summed E-state index contributed by atoms with van der Waals surface area (Å²) in [5.41, 5.74) is 3.47. The fourth-order valence-corrected chi connectivity index (χ4v) is 4.36. The van der Waals surface area contributed by atoms with Gasteiger partial charge in [-0.1, -0.05) is 91.0 Å². The molecule has 0 bridgehead atoms. The number of non-ortho nitro benzene ring substituents is 1. The monoisotopic (exact) mass is 587 g/mol. The van der Waals surface area contributed by atoms with Gasteiger partial charge < -0.3 is 29.2 Å². The summed E-state index contributed by atoms with van der Waals surface area (Å²) in [5, 5.41) is 33.8. The highest BCUT2D eigenvalue weighted by Gasteiger charge is 2.34. The van der Waals surface area contributed by atoms with E-state index in [4.69, 9.17) is 18.9 Å². The van der Waals surface area contributed by atoms with Crippen LogP contribution in [0.3, 0.4) is 0 Å². The maximum atomic E-state index is 11.4. The maximum absolute atomic E-state index is 11.4. The van der Waals surface area contributed by atoms with Crippen molar-refractivity contribution in [1.29, 1.82) is 0 Å². The van der Waals surface area contributed by atoms with Gasteiger partial charge >= 0.3 is 0 Å². The lowest BCUT2D eigenvalue weighted by atomic mass is 10.0. The second kappa shape index (κ2) is 17.2. The third-order valence-corrected chi connectivity index (χ3v) is 6.82. The highest BCUT2D eigenvalue weighted by atomic mass is 16.6. The van der Waals surface area contributed by atoms with Gasteiger partial charge in [0, 0.05) is 12.1 Å². The molecule has 226 valence electrons. The molecule has 4 rings (SSSR count). The SMILES string of the molecule is O=[N+]([O-])c1ccc(CO[C@H](COCc2ccccc2)[C@@H](O)[C@H](O)[C@@H](COCc2ccccc2)OCc2ccccc2)cc1. The number of aliphatic hydroxyl groups excluding tert-OH is 2. The summed E-state index contributed by atoms with van der Waals surface area (Å²) in [4.78, 5) is 10.5. The summed E-state index contributed by atoms with van der Waals surface area (Å²) in [5.74, 6) is 0. The van der Waals surface area contributed by atoms with E-state index < -0.39 is 29.3 Å². The van der Waals surface area contributed by atoms with Crippen LogP contribution in [0.25, 0.3) is 0 Å². The molecule has 0 radical (unpaired) electrons. The summed E-state index contributed by atoms with van der Waals surface area (Å²) in [6, 6.07) is 34.7. The van der Waals surface area contributed by atoms with E-state index in [1.54, 1.807) is 12.1 Å². The fourth-order valence-electron chi connectivity index (χ4n) is 4.36. The maximum Gasteiger partial charge on any atom is 0.269 e. The van der Waals surface area contributed by atoms with Gasteiger partial charge in [0.05, 0.1) is 44.6 Å². The lowest BCUT2D eigenvalue weighted by Gasteiger charge is -2.32. The molecule has 9 heteroatoms. The molecule has 0 aliphatic carbocycles. The normalized spacial score (nSPS) is 14.1. The highest BCUT2D eigenvalue weighted by Crippen LogP contribution is 2.18. The number of nitrogens with zero attached hydrogens (tertiary/aromatic N) is 1. The first-order valence-electron chi connectivity index (χ1n) is 14.1. The molecule has 9 nitrogen and oxygen atoms in total. The molecule has 2 N–H and O–H groups in total. The third-order valence-electron chi connectivity index (χ3n) is 6.82. The summed E-state index contributed by atoms with van der Waals surface area (Å²) in [6.45, 7) is 0.866. The zero-order chi connectivity index (χ0) is 30.3. The molecular weight excluding hydrogens is 550 g/mol.